The third kappa shape index (κ3) is 4.26. The van der Waals surface area contributed by atoms with Crippen molar-refractivity contribution in [3.8, 4) is 0 Å². The number of carboxylic acid groups (broad SMARTS) is 1. The predicted molar refractivity (Wildman–Crippen MR) is 131 cm³/mol. The van der Waals surface area contributed by atoms with E-state index in [2.05, 4.69) is 6.92 Å². The minimum atomic E-state index is -1.06. The lowest BCUT2D eigenvalue weighted by Crippen LogP contribution is -2.41. The molecule has 0 amide bonds. The van der Waals surface area contributed by atoms with Gasteiger partial charge in [-0.05, 0) is 29.7 Å². The molecule has 4 aromatic rings. The van der Waals surface area contributed by atoms with Crippen LogP contribution in [0.25, 0.3) is 27.9 Å². The minimum Gasteiger partial charge on any atom is -0.481 e. The van der Waals surface area contributed by atoms with Crippen LogP contribution in [-0.4, -0.2) is 24.8 Å². The summed E-state index contributed by atoms with van der Waals surface area (Å²) in [7, 11) is 1.96. The van der Waals surface area contributed by atoms with Gasteiger partial charge in [-0.25, -0.2) is 4.79 Å². The molecule has 0 unspecified atom stereocenters. The number of fused-ring (bicyclic) bond motifs is 2. The number of hydrogen-bond acceptors (Lipinski definition) is 3. The summed E-state index contributed by atoms with van der Waals surface area (Å²) in [5, 5.41) is 10.6. The second-order valence-electron chi connectivity index (χ2n) is 8.18. The summed E-state index contributed by atoms with van der Waals surface area (Å²) in [4.78, 5) is 38.0. The number of allylic oxidation sites excluding steroid dienone is 1. The van der Waals surface area contributed by atoms with E-state index < -0.39 is 17.2 Å². The van der Waals surface area contributed by atoms with Crippen LogP contribution in [0.3, 0.4) is 0 Å². The topological polar surface area (TPSA) is 86.2 Å². The third-order valence-corrected chi connectivity index (χ3v) is 5.90. The first-order valence-corrected chi connectivity index (χ1v) is 11.1. The Labute approximate surface area is 190 Å². The highest BCUT2D eigenvalue weighted by atomic mass is 16.4. The smallest absolute Gasteiger partial charge is 0.331 e. The van der Waals surface area contributed by atoms with Gasteiger partial charge in [0.2, 0.25) is 0 Å². The number of para-hydroxylation sites is 1. The number of carbonyl (C=O) groups is 1. The van der Waals surface area contributed by atoms with E-state index in [-0.39, 0.29) is 19.5 Å². The van der Waals surface area contributed by atoms with Gasteiger partial charge in [-0.3, -0.25) is 18.7 Å². The van der Waals surface area contributed by atoms with Crippen molar-refractivity contribution in [2.45, 2.75) is 39.3 Å². The number of unbranched alkanes of at least 4 members (excludes halogenated alkanes) is 1. The van der Waals surface area contributed by atoms with Gasteiger partial charge in [0.1, 0.15) is 0 Å². The highest BCUT2D eigenvalue weighted by Crippen LogP contribution is 2.23. The van der Waals surface area contributed by atoms with Crippen molar-refractivity contribution >= 4 is 33.9 Å². The van der Waals surface area contributed by atoms with Gasteiger partial charge >= 0.3 is 11.7 Å². The molecule has 0 fully saturated rings. The molecule has 0 aliphatic heterocycles. The van der Waals surface area contributed by atoms with Crippen LogP contribution in [0.15, 0.2) is 64.3 Å². The van der Waals surface area contributed by atoms with Crippen LogP contribution in [0.2, 0.25) is 0 Å². The number of aromatic nitrogens is 3. The minimum absolute atomic E-state index is 0.175. The van der Waals surface area contributed by atoms with Gasteiger partial charge in [-0.15, -0.1) is 0 Å². The maximum atomic E-state index is 13.4. The number of aliphatic carboxylic acids is 1. The zero-order chi connectivity index (χ0) is 23.5. The van der Waals surface area contributed by atoms with Crippen molar-refractivity contribution in [3.05, 3.63) is 86.7 Å². The average molecular weight is 446 g/mol. The van der Waals surface area contributed by atoms with Gasteiger partial charge in [0.15, 0.2) is 0 Å². The second kappa shape index (κ2) is 9.32. The molecular weight excluding hydrogens is 418 g/mol. The van der Waals surface area contributed by atoms with Gasteiger partial charge in [0, 0.05) is 30.7 Å². The summed E-state index contributed by atoms with van der Waals surface area (Å²) in [6.07, 6.45) is 7.45. The SMILES string of the molecule is CCCC=Cc1cccc2c1c(=O)n(CCC(=O)O)c(=O)n2Cc1cn(C)c2ccccc12. The van der Waals surface area contributed by atoms with Crippen LogP contribution in [0.4, 0.5) is 0 Å². The summed E-state index contributed by atoms with van der Waals surface area (Å²) in [5.41, 5.74) is 2.31. The molecule has 0 radical (unpaired) electrons. The number of nitrogens with zero attached hydrogens (tertiary/aromatic N) is 3. The first-order valence-electron chi connectivity index (χ1n) is 11.1. The van der Waals surface area contributed by atoms with Crippen LogP contribution in [-0.2, 0) is 24.9 Å². The normalized spacial score (nSPS) is 11.7. The van der Waals surface area contributed by atoms with Gasteiger partial charge < -0.3 is 9.67 Å². The third-order valence-electron chi connectivity index (χ3n) is 5.90. The van der Waals surface area contributed by atoms with E-state index in [9.17, 15) is 14.4 Å². The molecular formula is C26H27N3O4. The van der Waals surface area contributed by atoms with E-state index in [1.54, 1.807) is 10.6 Å². The maximum absolute atomic E-state index is 13.4. The molecule has 0 aliphatic rings. The number of rotatable bonds is 8. The van der Waals surface area contributed by atoms with E-state index in [1.807, 2.05) is 66.4 Å². The van der Waals surface area contributed by atoms with E-state index in [4.69, 9.17) is 5.11 Å². The predicted octanol–water partition coefficient (Wildman–Crippen LogP) is 3.99. The number of benzene rings is 2. The van der Waals surface area contributed by atoms with Crippen molar-refractivity contribution < 1.29 is 9.90 Å². The van der Waals surface area contributed by atoms with Crippen LogP contribution in [0, 0.1) is 0 Å². The van der Waals surface area contributed by atoms with Crippen molar-refractivity contribution in [1.82, 2.24) is 13.7 Å². The van der Waals surface area contributed by atoms with Gasteiger partial charge in [0.25, 0.3) is 5.56 Å². The molecule has 7 heteroatoms. The molecule has 2 aromatic carbocycles. The van der Waals surface area contributed by atoms with E-state index >= 15 is 0 Å². The highest BCUT2D eigenvalue weighted by Gasteiger charge is 2.17. The Kier molecular flexibility index (Phi) is 6.31. The second-order valence-corrected chi connectivity index (χ2v) is 8.18. The van der Waals surface area contributed by atoms with Crippen LogP contribution < -0.4 is 11.2 Å². The summed E-state index contributed by atoms with van der Waals surface area (Å²) in [5.74, 6) is -1.06. The van der Waals surface area contributed by atoms with Crippen molar-refractivity contribution in [2.24, 2.45) is 7.05 Å². The zero-order valence-electron chi connectivity index (χ0n) is 18.8. The number of aryl methyl sites for hydroxylation is 1. The molecule has 33 heavy (non-hydrogen) atoms. The largest absolute Gasteiger partial charge is 0.481 e. The molecule has 0 saturated heterocycles. The molecule has 0 spiro atoms. The fraction of sp³-hybridized carbons (Fsp3) is 0.269. The quantitative estimate of drug-likeness (QED) is 0.444. The van der Waals surface area contributed by atoms with Crippen molar-refractivity contribution in [1.29, 1.82) is 0 Å². The lowest BCUT2D eigenvalue weighted by Gasteiger charge is -2.15. The number of hydrogen-bond donors (Lipinski definition) is 1. The molecule has 2 aromatic heterocycles. The summed E-state index contributed by atoms with van der Waals surface area (Å²) < 4.78 is 4.65. The fourth-order valence-electron chi connectivity index (χ4n) is 4.28. The lowest BCUT2D eigenvalue weighted by atomic mass is 10.1. The summed E-state index contributed by atoms with van der Waals surface area (Å²) >= 11 is 0. The molecule has 2 heterocycles. The standard InChI is InChI=1S/C26H27N3O4/c1-3-4-5-9-18-10-8-13-22-24(18)25(32)28(15-14-23(30)31)26(33)29(22)17-19-16-27(2)21-12-7-6-11-20(19)21/h5-13,16H,3-4,14-15,17H2,1-2H3,(H,30,31). The van der Waals surface area contributed by atoms with Gasteiger partial charge in [-0.1, -0.05) is 55.8 Å². The molecule has 170 valence electrons. The van der Waals surface area contributed by atoms with Crippen LogP contribution in [0.1, 0.15) is 37.3 Å². The fourth-order valence-corrected chi connectivity index (χ4v) is 4.28. The summed E-state index contributed by atoms with van der Waals surface area (Å²) in [6.45, 7) is 2.17. The van der Waals surface area contributed by atoms with Crippen LogP contribution >= 0.6 is 0 Å². The number of carboxylic acids is 1. The molecule has 7 nitrogen and oxygen atoms in total. The Morgan fingerprint density at radius 3 is 2.55 bits per heavy atom. The first-order chi connectivity index (χ1) is 15.9. The van der Waals surface area contributed by atoms with Crippen LogP contribution in [0.5, 0.6) is 0 Å². The Hall–Kier alpha value is -3.87. The van der Waals surface area contributed by atoms with E-state index in [0.717, 1.165) is 39.4 Å². The maximum Gasteiger partial charge on any atom is 0.331 e. The average Bonchev–Trinajstić information content (AvgIpc) is 3.12. The zero-order valence-corrected chi connectivity index (χ0v) is 18.8. The van der Waals surface area contributed by atoms with Gasteiger partial charge in [0.05, 0.1) is 23.9 Å². The van der Waals surface area contributed by atoms with Crippen molar-refractivity contribution in [3.63, 3.8) is 0 Å². The Morgan fingerprint density at radius 1 is 1.03 bits per heavy atom. The Morgan fingerprint density at radius 2 is 1.79 bits per heavy atom. The van der Waals surface area contributed by atoms with Gasteiger partial charge in [-0.2, -0.15) is 0 Å². The first kappa shape index (κ1) is 22.3. The van der Waals surface area contributed by atoms with E-state index in [0.29, 0.717) is 10.9 Å². The Bertz CT molecular complexity index is 1490. The highest BCUT2D eigenvalue weighted by molar-refractivity contribution is 5.88. The monoisotopic (exact) mass is 445 g/mol. The van der Waals surface area contributed by atoms with E-state index in [1.165, 1.54) is 0 Å². The molecule has 0 saturated carbocycles. The Balaban J connectivity index is 1.97. The summed E-state index contributed by atoms with van der Waals surface area (Å²) in [6, 6.07) is 13.4. The molecule has 0 bridgehead atoms. The molecule has 0 aliphatic carbocycles. The lowest BCUT2D eigenvalue weighted by molar-refractivity contribution is -0.137. The molecule has 0 atom stereocenters. The van der Waals surface area contributed by atoms with Crippen molar-refractivity contribution in [2.75, 3.05) is 0 Å². The molecule has 1 N–H and O–H groups in total. The molecule has 4 rings (SSSR count).